The summed E-state index contributed by atoms with van der Waals surface area (Å²) in [6.45, 7) is 18.9. The Morgan fingerprint density at radius 3 is 1.21 bits per heavy atom. The van der Waals surface area contributed by atoms with Gasteiger partial charge >= 0.3 is 5.97 Å². The van der Waals surface area contributed by atoms with Gasteiger partial charge in [-0.3, -0.25) is 14.4 Å². The van der Waals surface area contributed by atoms with E-state index in [9.17, 15) is 24.3 Å². The van der Waals surface area contributed by atoms with Crippen LogP contribution in [-0.4, -0.2) is 147 Å². The highest BCUT2D eigenvalue weighted by molar-refractivity contribution is 6.01. The predicted molar refractivity (Wildman–Crippen MR) is 433 cm³/mol. The van der Waals surface area contributed by atoms with Crippen LogP contribution in [0.1, 0.15) is 165 Å². The summed E-state index contributed by atoms with van der Waals surface area (Å²) in [5, 5.41) is 36.8. The van der Waals surface area contributed by atoms with Gasteiger partial charge in [-0.15, -0.1) is 0 Å². The first-order valence-corrected chi connectivity index (χ1v) is 39.3. The maximum Gasteiger partial charge on any atom is 0.335 e. The molecule has 4 aliphatic rings. The molecule has 4 fully saturated rings. The van der Waals surface area contributed by atoms with Crippen LogP contribution in [0.2, 0.25) is 0 Å². The largest absolute Gasteiger partial charge is 0.478 e. The monoisotopic (exact) mass is 1470 g/mol. The van der Waals surface area contributed by atoms with Crippen molar-refractivity contribution in [3.63, 3.8) is 0 Å². The number of carboxylic acid groups (broad SMARTS) is 1. The van der Waals surface area contributed by atoms with Crippen LogP contribution in [0.5, 0.6) is 0 Å². The van der Waals surface area contributed by atoms with E-state index < -0.39 is 5.97 Å². The Hall–Kier alpha value is -10.2. The molecule has 3 amide bonds. The minimum absolute atomic E-state index is 0.0776. The van der Waals surface area contributed by atoms with Crippen LogP contribution in [0.15, 0.2) is 158 Å². The van der Waals surface area contributed by atoms with Gasteiger partial charge in [0.05, 0.1) is 40.1 Å². The molecule has 0 atom stereocenters. The summed E-state index contributed by atoms with van der Waals surface area (Å²) in [5.74, 6) is -0.307. The average molecular weight is 1470 g/mol. The zero-order valence-corrected chi connectivity index (χ0v) is 64.3. The topological polar surface area (TPSA) is 261 Å². The van der Waals surface area contributed by atoms with Crippen LogP contribution in [0.25, 0.3) is 44.3 Å². The lowest BCUT2D eigenvalue weighted by Crippen LogP contribution is -2.30. The molecular weight excluding hydrogens is 1370 g/mol. The molecule has 4 aromatic heterocycles. The molecule has 0 aliphatic carbocycles. The molecule has 0 bridgehead atoms. The van der Waals surface area contributed by atoms with Crippen molar-refractivity contribution in [2.24, 2.45) is 17.6 Å². The number of fused-ring (bicyclic) bond motifs is 2. The van der Waals surface area contributed by atoms with E-state index >= 15 is 0 Å². The van der Waals surface area contributed by atoms with Crippen LogP contribution >= 0.6 is 0 Å². The Bertz CT molecular complexity index is 4730. The fraction of sp³-hybridized carbons (Fsp3) is 0.409. The quantitative estimate of drug-likeness (QED) is 0.0281. The third-order valence-corrected chi connectivity index (χ3v) is 21.8. The number of aromatic nitrogens is 6. The van der Waals surface area contributed by atoms with E-state index in [4.69, 9.17) is 25.2 Å². The fourth-order valence-electron chi connectivity index (χ4n) is 15.3. The number of carboxylic acids is 1. The number of anilines is 2. The van der Waals surface area contributed by atoms with Gasteiger partial charge in [0.2, 0.25) is 0 Å². The van der Waals surface area contributed by atoms with Crippen molar-refractivity contribution in [3.8, 4) is 22.3 Å². The molecule has 21 nitrogen and oxygen atoms in total. The van der Waals surface area contributed by atoms with Gasteiger partial charge in [0.1, 0.15) is 0 Å². The number of likely N-dealkylation sites (tertiary alicyclic amines) is 2. The Morgan fingerprint density at radius 2 is 0.817 bits per heavy atom. The van der Waals surface area contributed by atoms with Gasteiger partial charge < -0.3 is 56.7 Å². The highest BCUT2D eigenvalue weighted by atomic mass is 16.5. The van der Waals surface area contributed by atoms with E-state index in [1.54, 1.807) is 36.4 Å². The Morgan fingerprint density at radius 1 is 0.459 bits per heavy atom. The van der Waals surface area contributed by atoms with E-state index in [2.05, 4.69) is 159 Å². The number of aromatic carboxylic acids is 1. The number of nitrogens with zero attached hydrogens (tertiary/aromatic N) is 8. The van der Waals surface area contributed by atoms with Crippen molar-refractivity contribution in [1.82, 2.24) is 55.3 Å². The van der Waals surface area contributed by atoms with E-state index in [1.807, 2.05) is 47.7 Å². The van der Waals surface area contributed by atoms with Crippen LogP contribution in [0.4, 0.5) is 11.4 Å². The van der Waals surface area contributed by atoms with Gasteiger partial charge in [0.25, 0.3) is 17.7 Å². The van der Waals surface area contributed by atoms with Crippen molar-refractivity contribution < 1.29 is 33.8 Å². The first kappa shape index (κ1) is 78.4. The normalized spacial score (nSPS) is 15.5. The maximum atomic E-state index is 13.6. The van der Waals surface area contributed by atoms with Crippen LogP contribution in [0, 0.1) is 11.8 Å². The van der Waals surface area contributed by atoms with Gasteiger partial charge in [-0.05, 0) is 236 Å². The zero-order valence-electron chi connectivity index (χ0n) is 64.3. The number of benzene rings is 6. The molecule has 0 saturated carbocycles. The van der Waals surface area contributed by atoms with Crippen molar-refractivity contribution in [2.45, 2.75) is 156 Å². The molecule has 21 heteroatoms. The number of aryl methyl sites for hydroxylation is 4. The average Bonchev–Trinajstić information content (AvgIpc) is 1.67. The van der Waals surface area contributed by atoms with Gasteiger partial charge in [-0.1, -0.05) is 111 Å². The predicted octanol–water partition coefficient (Wildman–Crippen LogP) is 13.9. The second-order valence-corrected chi connectivity index (χ2v) is 29.4. The van der Waals surface area contributed by atoms with Crippen molar-refractivity contribution in [3.05, 3.63) is 225 Å². The number of hydrogen-bond donors (Lipinski definition) is 7. The minimum atomic E-state index is -1.07. The van der Waals surface area contributed by atoms with E-state index in [-0.39, 0.29) is 41.9 Å². The second kappa shape index (κ2) is 38.3. The molecule has 8 N–H and O–H groups in total. The summed E-state index contributed by atoms with van der Waals surface area (Å²) in [6.07, 6.45) is 16.2. The molecule has 8 heterocycles. The number of ether oxygens (including phenoxy) is 2. The molecule has 14 rings (SSSR count). The maximum absolute atomic E-state index is 13.6. The molecular formula is C88H108N14O7. The van der Waals surface area contributed by atoms with Crippen LogP contribution in [-0.2, 0) is 74.4 Å². The summed E-state index contributed by atoms with van der Waals surface area (Å²) in [7, 11) is 4.43. The fourth-order valence-corrected chi connectivity index (χ4v) is 15.3. The summed E-state index contributed by atoms with van der Waals surface area (Å²) in [6, 6.07) is 48.3. The molecule has 0 radical (unpaired) electrons. The third-order valence-electron chi connectivity index (χ3n) is 21.8. The molecule has 0 unspecified atom stereocenters. The number of hydrogen-bond acceptors (Lipinski definition) is 15. The van der Waals surface area contributed by atoms with Crippen molar-refractivity contribution in [2.75, 3.05) is 77.3 Å². The number of pyridine rings is 2. The van der Waals surface area contributed by atoms with Crippen LogP contribution < -0.4 is 32.3 Å². The van der Waals surface area contributed by atoms with Crippen molar-refractivity contribution >= 4 is 57.1 Å². The number of nitrogens with two attached hydrogens (primary N) is 1. The Kier molecular flexibility index (Phi) is 27.5. The van der Waals surface area contributed by atoms with Gasteiger partial charge in [-0.25, -0.2) is 24.1 Å². The zero-order chi connectivity index (χ0) is 76.2. The molecule has 572 valence electrons. The molecule has 4 aliphatic heterocycles. The number of carbonyl (C=O) groups is 4. The Labute approximate surface area is 641 Å². The summed E-state index contributed by atoms with van der Waals surface area (Å²) in [5.41, 5.74) is 24.3. The second-order valence-electron chi connectivity index (χ2n) is 29.4. The lowest BCUT2D eigenvalue weighted by molar-refractivity contribution is 0.0696. The van der Waals surface area contributed by atoms with E-state index in [0.29, 0.717) is 68.9 Å². The van der Waals surface area contributed by atoms with Crippen LogP contribution in [0.3, 0.4) is 0 Å². The smallest absolute Gasteiger partial charge is 0.335 e. The summed E-state index contributed by atoms with van der Waals surface area (Å²) in [4.78, 5) is 65.8. The number of rotatable bonds is 25. The Balaban J connectivity index is 0.000000170. The molecule has 0 spiro atoms. The summed E-state index contributed by atoms with van der Waals surface area (Å²) < 4.78 is 14.9. The molecule has 6 aromatic carbocycles. The lowest BCUT2D eigenvalue weighted by Gasteiger charge is -2.29. The first-order valence-electron chi connectivity index (χ1n) is 39.3. The first-order chi connectivity index (χ1) is 53.1. The minimum Gasteiger partial charge on any atom is -0.478 e. The molecule has 109 heavy (non-hydrogen) atoms. The third kappa shape index (κ3) is 20.6. The number of amides is 3. The number of piperidine rings is 2. The number of nitrogens with one attached hydrogen (secondary N) is 5. The van der Waals surface area contributed by atoms with E-state index in [1.165, 1.54) is 104 Å². The molecule has 4 saturated heterocycles. The van der Waals surface area contributed by atoms with E-state index in [0.717, 1.165) is 131 Å². The molecule has 10 aromatic rings. The summed E-state index contributed by atoms with van der Waals surface area (Å²) >= 11 is 0. The highest BCUT2D eigenvalue weighted by Gasteiger charge is 2.26. The van der Waals surface area contributed by atoms with Crippen molar-refractivity contribution in [1.29, 1.82) is 0 Å². The highest BCUT2D eigenvalue weighted by Crippen LogP contribution is 2.35. The standard InChI is InChI=1S/C44H53N7O3.C24H29N5O4.C20H26N2/c1-4-40-38(41(48-37-17-21-54-22-18-37)39-29-47-51(5-2)42(39)49-40)28-46-44(53)36-14-8-13-35(26-36)43(52)45-27-32-10-7-12-34(25-32)33-11-6-9-31(24-33)23-30-15-19-50(3)20-16-30;1-3-20-18(13-25-23(30)15-6-5-7-16(12-15)24(31)32)21(27-17-8-10-33-11-9-17)19-14-26-29(4-2)22(19)28-20;1-22-10-8-16(9-11-22)12-17-4-2-6-19(13-17)20-7-3-5-18(14-20)15-21/h6-14,24-26,29-30,37H,4-5,15-23,27-28H2,1-3H3,(H,45,52)(H,46,53)(H,48,49);5-7,12,14,17H,3-4,8-11,13H2,1-2H3,(H,25,30)(H,27,28)(H,31,32);2-7,13-14,16H,8-12,15,21H2,1H3. The SMILES string of the molecule is CCc1nc2c(cnn2CC)c(NC2CCOCC2)c1CNC(=O)c1cccc(C(=O)NCc2cccc(-c3cccc(CC4CCN(C)CC4)c3)c2)c1.CCc1nc2c(cnn2CC)c(NC2CCOCC2)c1CNC(=O)c1cccc(C(=O)O)c1.CN1CCC(Cc2cccc(-c3cccc(CN)c3)c2)CC1. The van der Waals surface area contributed by atoms with Gasteiger partial charge in [0, 0.05) is 117 Å². The van der Waals surface area contributed by atoms with Gasteiger partial charge in [-0.2, -0.15) is 10.2 Å². The van der Waals surface area contributed by atoms with Gasteiger partial charge in [0.15, 0.2) is 11.3 Å². The number of carbonyl (C=O) groups excluding carboxylic acids is 3. The lowest BCUT2D eigenvalue weighted by atomic mass is 9.89.